The molecule has 1 saturated carbocycles. The van der Waals surface area contributed by atoms with Crippen LogP contribution in [0.3, 0.4) is 0 Å². The van der Waals surface area contributed by atoms with Crippen LogP contribution >= 0.6 is 7.60 Å². The van der Waals surface area contributed by atoms with Crippen molar-refractivity contribution < 1.29 is 48.2 Å². The Morgan fingerprint density at radius 3 is 2.25 bits per heavy atom. The zero-order chi connectivity index (χ0) is 40.5. The van der Waals surface area contributed by atoms with Gasteiger partial charge in [0.05, 0.1) is 19.0 Å². The van der Waals surface area contributed by atoms with Gasteiger partial charge in [-0.3, -0.25) is 33.3 Å². The quantitative estimate of drug-likeness (QED) is 0.109. The van der Waals surface area contributed by atoms with Gasteiger partial charge in [0, 0.05) is 18.8 Å². The van der Waals surface area contributed by atoms with E-state index in [4.69, 9.17) is 5.73 Å². The van der Waals surface area contributed by atoms with Gasteiger partial charge in [-0.05, 0) is 53.3 Å². The molecule has 3 aromatic rings. The van der Waals surface area contributed by atoms with Crippen molar-refractivity contribution in [1.29, 1.82) is 0 Å². The van der Waals surface area contributed by atoms with E-state index in [1.165, 1.54) is 29.2 Å². The van der Waals surface area contributed by atoms with Crippen molar-refractivity contribution in [3.05, 3.63) is 90.0 Å². The number of anilines is 1. The molecule has 3 atom stereocenters. The molecule has 9 N–H and O–H groups in total. The van der Waals surface area contributed by atoms with E-state index in [1.807, 2.05) is 42.5 Å². The standard InChI is InChI=1S/C39H47N6O10P/c40-33(46)21-31-36(50)42-30(35(49)41-23-27-11-8-10-26-9-2-3-12-29(26)27)13-4-7-20-45(28-16-14-25(15-17-28)24-56(53,54)55)32(22-34(47)48)37(51)44-39(38(52)43-31)18-5-1-6-19-39/h2-4,7-12,14-17,30-32H,1,5-6,13,18-24H2,(H2,40,46)(H,41,49)(H,42,50)(H,43,52)(H,44,51)(H,47,48)(H2,53,54,55)/b7-4+/t30?,31?,32-/m1/s1. The molecular weight excluding hydrogens is 743 g/mol. The van der Waals surface area contributed by atoms with Crippen molar-refractivity contribution >= 4 is 59.6 Å². The van der Waals surface area contributed by atoms with Crippen LogP contribution in [0.4, 0.5) is 5.69 Å². The molecule has 0 saturated heterocycles. The lowest BCUT2D eigenvalue weighted by Crippen LogP contribution is -2.65. The summed E-state index contributed by atoms with van der Waals surface area (Å²) in [6, 6.07) is 15.2. The van der Waals surface area contributed by atoms with Crippen molar-refractivity contribution in [3.63, 3.8) is 0 Å². The Labute approximate surface area is 323 Å². The fourth-order valence-electron chi connectivity index (χ4n) is 7.22. The van der Waals surface area contributed by atoms with Crippen molar-refractivity contribution in [2.45, 2.75) is 87.7 Å². The van der Waals surface area contributed by atoms with Gasteiger partial charge in [-0.2, -0.15) is 0 Å². The summed E-state index contributed by atoms with van der Waals surface area (Å²) in [6.45, 7) is 0.0433. The summed E-state index contributed by atoms with van der Waals surface area (Å²) in [6.07, 6.45) is 3.39. The normalized spacial score (nSPS) is 21.5. The topological polar surface area (TPSA) is 258 Å². The maximum absolute atomic E-state index is 14.3. The third-order valence-corrected chi connectivity index (χ3v) is 10.8. The molecule has 1 spiro atoms. The van der Waals surface area contributed by atoms with Gasteiger partial charge in [-0.25, -0.2) is 0 Å². The smallest absolute Gasteiger partial charge is 0.329 e. The summed E-state index contributed by atoms with van der Waals surface area (Å²) in [5, 5.41) is 22.9. The molecule has 1 aliphatic carbocycles. The highest BCUT2D eigenvalue weighted by Gasteiger charge is 2.45. The first-order chi connectivity index (χ1) is 26.6. The molecule has 5 amide bonds. The summed E-state index contributed by atoms with van der Waals surface area (Å²) < 4.78 is 11.6. The Balaban J connectivity index is 1.52. The van der Waals surface area contributed by atoms with Crippen LogP contribution < -0.4 is 31.9 Å². The molecule has 1 fully saturated rings. The van der Waals surface area contributed by atoms with Crippen LogP contribution in [0, 0.1) is 0 Å². The number of carboxylic acid groups (broad SMARTS) is 1. The van der Waals surface area contributed by atoms with E-state index < -0.39 is 85.8 Å². The second-order valence-corrected chi connectivity index (χ2v) is 15.9. The minimum absolute atomic E-state index is 0.0784. The molecule has 2 unspecified atom stereocenters. The van der Waals surface area contributed by atoms with Gasteiger partial charge in [0.25, 0.3) is 0 Å². The first-order valence-electron chi connectivity index (χ1n) is 18.4. The van der Waals surface area contributed by atoms with E-state index >= 15 is 0 Å². The number of aliphatic carboxylic acids is 1. The molecule has 16 nitrogen and oxygen atoms in total. The molecule has 0 radical (unpaired) electrons. The first-order valence-corrected chi connectivity index (χ1v) is 20.2. The monoisotopic (exact) mass is 790 g/mol. The maximum Gasteiger partial charge on any atom is 0.329 e. The number of benzene rings is 3. The summed E-state index contributed by atoms with van der Waals surface area (Å²) in [4.78, 5) is 101. The second kappa shape index (κ2) is 18.4. The second-order valence-electron chi connectivity index (χ2n) is 14.2. The van der Waals surface area contributed by atoms with Crippen molar-refractivity contribution in [2.75, 3.05) is 11.4 Å². The minimum Gasteiger partial charge on any atom is -0.481 e. The number of fused-ring (bicyclic) bond motifs is 1. The Bertz CT molecular complexity index is 2020. The molecule has 298 valence electrons. The van der Waals surface area contributed by atoms with Gasteiger partial charge >= 0.3 is 13.6 Å². The number of carbonyl (C=O) groups is 6. The molecule has 56 heavy (non-hydrogen) atoms. The number of nitrogens with one attached hydrogen (secondary N) is 4. The van der Waals surface area contributed by atoms with Gasteiger partial charge in [0.1, 0.15) is 23.7 Å². The molecule has 17 heteroatoms. The molecular formula is C39H47N6O10P. The third kappa shape index (κ3) is 11.0. The van der Waals surface area contributed by atoms with Crippen molar-refractivity contribution in [3.8, 4) is 0 Å². The van der Waals surface area contributed by atoms with E-state index in [0.29, 0.717) is 24.1 Å². The summed E-state index contributed by atoms with van der Waals surface area (Å²) in [5.41, 5.74) is 5.41. The van der Waals surface area contributed by atoms with Gasteiger partial charge in [0.2, 0.25) is 29.5 Å². The number of amides is 5. The molecule has 2 aliphatic rings. The number of nitrogens with zero attached hydrogens (tertiary/aromatic N) is 1. The zero-order valence-electron chi connectivity index (χ0n) is 30.7. The number of carboxylic acids is 1. The van der Waals surface area contributed by atoms with Gasteiger partial charge in [0.15, 0.2) is 0 Å². The van der Waals surface area contributed by atoms with Gasteiger partial charge in [-0.15, -0.1) is 0 Å². The predicted octanol–water partition coefficient (Wildman–Crippen LogP) is 2.11. The number of carbonyl (C=O) groups excluding carboxylic acids is 5. The zero-order valence-corrected chi connectivity index (χ0v) is 31.6. The average molecular weight is 791 g/mol. The van der Waals surface area contributed by atoms with Gasteiger partial charge in [-0.1, -0.05) is 86.0 Å². The highest BCUT2D eigenvalue weighted by molar-refractivity contribution is 7.50. The molecule has 1 heterocycles. The lowest BCUT2D eigenvalue weighted by atomic mass is 9.80. The number of primary amides is 1. The van der Waals surface area contributed by atoms with Crippen LogP contribution in [0.2, 0.25) is 0 Å². The van der Waals surface area contributed by atoms with E-state index in [0.717, 1.165) is 22.8 Å². The number of rotatable bonds is 10. The highest BCUT2D eigenvalue weighted by Crippen LogP contribution is 2.39. The highest BCUT2D eigenvalue weighted by atomic mass is 31.2. The first kappa shape index (κ1) is 41.6. The average Bonchev–Trinajstić information content (AvgIpc) is 3.15. The number of hydrogen-bond donors (Lipinski definition) is 8. The summed E-state index contributed by atoms with van der Waals surface area (Å²) in [7, 11) is -4.40. The predicted molar refractivity (Wildman–Crippen MR) is 207 cm³/mol. The Kier molecular flexibility index (Phi) is 13.6. The van der Waals surface area contributed by atoms with Crippen LogP contribution in [-0.4, -0.2) is 80.6 Å². The van der Waals surface area contributed by atoms with Crippen molar-refractivity contribution in [1.82, 2.24) is 21.3 Å². The van der Waals surface area contributed by atoms with Crippen LogP contribution in [0.5, 0.6) is 0 Å². The van der Waals surface area contributed by atoms with E-state index in [1.54, 1.807) is 12.2 Å². The maximum atomic E-state index is 14.3. The van der Waals surface area contributed by atoms with Crippen LogP contribution in [0.1, 0.15) is 62.5 Å². The lowest BCUT2D eigenvalue weighted by Gasteiger charge is -2.40. The number of hydrogen-bond acceptors (Lipinski definition) is 8. The van der Waals surface area contributed by atoms with E-state index in [9.17, 15) is 48.2 Å². The Morgan fingerprint density at radius 2 is 1.57 bits per heavy atom. The lowest BCUT2D eigenvalue weighted by molar-refractivity contribution is -0.141. The van der Waals surface area contributed by atoms with Crippen LogP contribution in [0.25, 0.3) is 10.8 Å². The minimum atomic E-state index is -4.40. The van der Waals surface area contributed by atoms with E-state index in [2.05, 4.69) is 21.3 Å². The van der Waals surface area contributed by atoms with Crippen LogP contribution in [0.15, 0.2) is 78.9 Å². The van der Waals surface area contributed by atoms with Crippen LogP contribution in [-0.2, 0) is 46.0 Å². The molecule has 1 aliphatic heterocycles. The molecule has 0 bridgehead atoms. The largest absolute Gasteiger partial charge is 0.481 e. The summed E-state index contributed by atoms with van der Waals surface area (Å²) in [5.74, 6) is -5.16. The molecule has 5 rings (SSSR count). The number of nitrogens with two attached hydrogens (primary N) is 1. The van der Waals surface area contributed by atoms with E-state index in [-0.39, 0.29) is 32.4 Å². The Morgan fingerprint density at radius 1 is 0.875 bits per heavy atom. The molecule has 3 aromatic carbocycles. The fourth-order valence-corrected chi connectivity index (χ4v) is 7.91. The SMILES string of the molecule is NC(=O)CC1NC(=O)C2(CCCCC2)NC(=O)[C@@H](CC(=O)O)N(c2ccc(CP(=O)(O)O)cc2)C/C=C/CC(C(=O)NCc2cccc3ccccc23)NC1=O. The van der Waals surface area contributed by atoms with Gasteiger partial charge < -0.3 is 46.8 Å². The third-order valence-electron chi connectivity index (χ3n) is 10.0. The van der Waals surface area contributed by atoms with Crippen molar-refractivity contribution in [2.24, 2.45) is 5.73 Å². The molecule has 0 aromatic heterocycles. The summed E-state index contributed by atoms with van der Waals surface area (Å²) >= 11 is 0. The fraction of sp³-hybridized carbons (Fsp3) is 0.385. The Hall–Kier alpha value is -5.57.